The van der Waals surface area contributed by atoms with Crippen LogP contribution in [0.2, 0.25) is 0 Å². The summed E-state index contributed by atoms with van der Waals surface area (Å²) in [7, 11) is -2.59. The van der Waals surface area contributed by atoms with Gasteiger partial charge in [-0.15, -0.1) is 0 Å². The minimum Gasteiger partial charge on any atom is -0.351 e. The molecule has 0 saturated heterocycles. The van der Waals surface area contributed by atoms with Crippen molar-refractivity contribution in [3.05, 3.63) is 0 Å². The van der Waals surface area contributed by atoms with Crippen molar-refractivity contribution in [1.82, 2.24) is 9.62 Å². The number of carbonyl (C=O) groups excluding carboxylic acids is 2. The summed E-state index contributed by atoms with van der Waals surface area (Å²) < 4.78 is 22.5. The van der Waals surface area contributed by atoms with E-state index >= 15 is 0 Å². The van der Waals surface area contributed by atoms with Gasteiger partial charge in [0.2, 0.25) is 10.0 Å². The summed E-state index contributed by atoms with van der Waals surface area (Å²) in [6.07, 6.45) is 0.791. The molecule has 0 saturated carbocycles. The molecule has 4 amide bonds. The van der Waals surface area contributed by atoms with Gasteiger partial charge in [-0.25, -0.2) is 27.6 Å². The minimum atomic E-state index is -3.65. The Morgan fingerprint density at radius 2 is 1.83 bits per heavy atom. The molecule has 0 aromatic rings. The Hall–Kier alpha value is -1.31. The van der Waals surface area contributed by atoms with Crippen LogP contribution in [-0.4, -0.2) is 38.7 Å². The third-order valence-corrected chi connectivity index (χ3v) is 1.45. The predicted molar refractivity (Wildman–Crippen MR) is 40.7 cm³/mol. The maximum Gasteiger partial charge on any atom is 0.338 e. The summed E-state index contributed by atoms with van der Waals surface area (Å²) >= 11 is 0. The first-order valence-corrected chi connectivity index (χ1v) is 4.68. The van der Waals surface area contributed by atoms with Crippen molar-refractivity contribution in [3.8, 4) is 0 Å². The second kappa shape index (κ2) is 3.39. The average molecular weight is 195 g/mol. The van der Waals surface area contributed by atoms with E-state index in [0.717, 1.165) is 13.3 Å². The van der Waals surface area contributed by atoms with Crippen molar-refractivity contribution < 1.29 is 18.0 Å². The van der Waals surface area contributed by atoms with Crippen molar-refractivity contribution >= 4 is 22.1 Å². The molecule has 0 fully saturated rings. The molecule has 0 atom stereocenters. The fourth-order valence-electron chi connectivity index (χ4n) is 0.327. The van der Waals surface area contributed by atoms with Crippen LogP contribution in [0.5, 0.6) is 0 Å². The lowest BCUT2D eigenvalue weighted by atomic mass is 10.8. The summed E-state index contributed by atoms with van der Waals surface area (Å²) in [4.78, 5) is 21.5. The summed E-state index contributed by atoms with van der Waals surface area (Å²) in [6.45, 7) is 0. The number of nitrogens with zero attached hydrogens (tertiary/aromatic N) is 1. The lowest BCUT2D eigenvalue weighted by Crippen LogP contribution is -2.45. The lowest BCUT2D eigenvalue weighted by molar-refractivity contribution is 0.203. The SMILES string of the molecule is CN(C(N)=O)C(=O)NS(C)(=O)=O. The quantitative estimate of drug-likeness (QED) is 0.539. The van der Waals surface area contributed by atoms with E-state index in [1.807, 2.05) is 0 Å². The van der Waals surface area contributed by atoms with Crippen LogP contribution in [0.1, 0.15) is 0 Å². The first-order chi connectivity index (χ1) is 5.24. The largest absolute Gasteiger partial charge is 0.351 e. The Bertz CT molecular complexity index is 295. The van der Waals surface area contributed by atoms with Gasteiger partial charge < -0.3 is 5.73 Å². The molecule has 0 spiro atoms. The Kier molecular flexibility index (Phi) is 3.02. The Balaban J connectivity index is 4.35. The summed E-state index contributed by atoms with van der Waals surface area (Å²) in [6, 6.07) is -2.11. The van der Waals surface area contributed by atoms with Crippen LogP contribution in [-0.2, 0) is 10.0 Å². The van der Waals surface area contributed by atoms with E-state index in [-0.39, 0.29) is 0 Å². The molecule has 12 heavy (non-hydrogen) atoms. The number of imide groups is 1. The van der Waals surface area contributed by atoms with E-state index in [9.17, 15) is 18.0 Å². The highest BCUT2D eigenvalue weighted by Crippen LogP contribution is 1.85. The van der Waals surface area contributed by atoms with E-state index in [1.54, 1.807) is 4.72 Å². The summed E-state index contributed by atoms with van der Waals surface area (Å²) in [5.41, 5.74) is 4.69. The number of hydrogen-bond donors (Lipinski definition) is 2. The molecule has 0 radical (unpaired) electrons. The van der Waals surface area contributed by atoms with Crippen LogP contribution in [0.3, 0.4) is 0 Å². The zero-order chi connectivity index (χ0) is 9.94. The number of rotatable bonds is 1. The molecule has 0 aromatic carbocycles. The van der Waals surface area contributed by atoms with Crippen LogP contribution in [0.25, 0.3) is 0 Å². The van der Waals surface area contributed by atoms with Gasteiger partial charge in [-0.1, -0.05) is 0 Å². The Morgan fingerprint density at radius 1 is 1.42 bits per heavy atom. The first kappa shape index (κ1) is 10.7. The Labute approximate surface area is 69.6 Å². The van der Waals surface area contributed by atoms with Gasteiger partial charge in [0.05, 0.1) is 6.26 Å². The van der Waals surface area contributed by atoms with Crippen molar-refractivity contribution in [2.45, 2.75) is 0 Å². The highest BCUT2D eigenvalue weighted by atomic mass is 32.2. The molecule has 0 unspecified atom stereocenters. The lowest BCUT2D eigenvalue weighted by Gasteiger charge is -2.11. The van der Waals surface area contributed by atoms with Gasteiger partial charge >= 0.3 is 12.1 Å². The fourth-order valence-corrected chi connectivity index (χ4v) is 0.781. The average Bonchev–Trinajstić information content (AvgIpc) is 1.82. The molecule has 0 bridgehead atoms. The van der Waals surface area contributed by atoms with E-state index in [1.165, 1.54) is 0 Å². The molecule has 3 N–H and O–H groups in total. The Morgan fingerprint density at radius 3 is 2.08 bits per heavy atom. The normalized spacial score (nSPS) is 10.5. The van der Waals surface area contributed by atoms with Crippen LogP contribution in [0.4, 0.5) is 9.59 Å². The molecule has 0 aliphatic heterocycles. The number of urea groups is 2. The molecule has 0 aromatic heterocycles. The highest BCUT2D eigenvalue weighted by molar-refractivity contribution is 7.89. The highest BCUT2D eigenvalue weighted by Gasteiger charge is 2.16. The number of hydrogen-bond acceptors (Lipinski definition) is 4. The van der Waals surface area contributed by atoms with Gasteiger partial charge in [-0.2, -0.15) is 0 Å². The molecule has 0 aliphatic rings. The third kappa shape index (κ3) is 3.76. The van der Waals surface area contributed by atoms with E-state index in [4.69, 9.17) is 0 Å². The van der Waals surface area contributed by atoms with E-state index in [0.29, 0.717) is 4.90 Å². The van der Waals surface area contributed by atoms with Gasteiger partial charge in [-0.3, -0.25) is 0 Å². The predicted octanol–water partition coefficient (Wildman–Crippen LogP) is -1.33. The zero-order valence-electron chi connectivity index (χ0n) is 6.57. The van der Waals surface area contributed by atoms with Crippen molar-refractivity contribution in [1.29, 1.82) is 0 Å². The number of primary amides is 1. The molecular formula is C4H9N3O4S. The van der Waals surface area contributed by atoms with Gasteiger partial charge in [-0.05, 0) is 0 Å². The number of nitrogens with one attached hydrogen (secondary N) is 1. The maximum absolute atomic E-state index is 10.7. The second-order valence-corrected chi connectivity index (χ2v) is 3.83. The monoisotopic (exact) mass is 195 g/mol. The summed E-state index contributed by atoms with van der Waals surface area (Å²) in [5.74, 6) is 0. The van der Waals surface area contributed by atoms with Gasteiger partial charge in [0.1, 0.15) is 0 Å². The van der Waals surface area contributed by atoms with Gasteiger partial charge in [0.25, 0.3) is 0 Å². The van der Waals surface area contributed by atoms with Gasteiger partial charge in [0.15, 0.2) is 0 Å². The molecule has 70 valence electrons. The number of sulfonamides is 1. The van der Waals surface area contributed by atoms with E-state index in [2.05, 4.69) is 5.73 Å². The maximum atomic E-state index is 10.7. The van der Waals surface area contributed by atoms with E-state index < -0.39 is 22.1 Å². The molecular weight excluding hydrogens is 186 g/mol. The van der Waals surface area contributed by atoms with Crippen molar-refractivity contribution in [2.24, 2.45) is 5.73 Å². The molecule has 7 nitrogen and oxygen atoms in total. The summed E-state index contributed by atoms with van der Waals surface area (Å²) in [5, 5.41) is 0. The number of nitrogens with two attached hydrogens (primary N) is 1. The zero-order valence-corrected chi connectivity index (χ0v) is 7.38. The number of amides is 4. The molecule has 0 heterocycles. The second-order valence-electron chi connectivity index (χ2n) is 2.08. The third-order valence-electron chi connectivity index (χ3n) is 0.908. The molecule has 0 aliphatic carbocycles. The van der Waals surface area contributed by atoms with Crippen LogP contribution in [0.15, 0.2) is 0 Å². The first-order valence-electron chi connectivity index (χ1n) is 2.79. The fraction of sp³-hybridized carbons (Fsp3) is 0.500. The molecule has 8 heteroatoms. The minimum absolute atomic E-state index is 0.445. The smallest absolute Gasteiger partial charge is 0.338 e. The van der Waals surface area contributed by atoms with Crippen molar-refractivity contribution in [2.75, 3.05) is 13.3 Å². The standard InChI is InChI=1S/C4H9N3O4S/c1-7(3(5)8)4(9)6-12(2,10)11/h1-2H3,(H2,5,8)(H,6,9). The van der Waals surface area contributed by atoms with Crippen LogP contribution < -0.4 is 10.5 Å². The molecule has 0 rings (SSSR count). The van der Waals surface area contributed by atoms with Gasteiger partial charge in [0, 0.05) is 7.05 Å². The van der Waals surface area contributed by atoms with Crippen LogP contribution >= 0.6 is 0 Å². The topological polar surface area (TPSA) is 110 Å². The number of carbonyl (C=O) groups is 2. The van der Waals surface area contributed by atoms with Crippen LogP contribution in [0, 0.1) is 0 Å². The van der Waals surface area contributed by atoms with Crippen molar-refractivity contribution in [3.63, 3.8) is 0 Å².